The quantitative estimate of drug-likeness (QED) is 0.549. The van der Waals surface area contributed by atoms with Gasteiger partial charge in [-0.05, 0) is 18.1 Å². The van der Waals surface area contributed by atoms with Crippen LogP contribution in [0.25, 0.3) is 0 Å². The van der Waals surface area contributed by atoms with Gasteiger partial charge in [-0.15, -0.1) is 4.90 Å². The summed E-state index contributed by atoms with van der Waals surface area (Å²) in [5, 5.41) is 0.876. The van der Waals surface area contributed by atoms with Crippen LogP contribution >= 0.6 is 11.8 Å². The Balaban J connectivity index is 0.000000845. The van der Waals surface area contributed by atoms with Gasteiger partial charge in [-0.25, -0.2) is 0 Å². The van der Waals surface area contributed by atoms with Crippen molar-refractivity contribution in [3.8, 4) is 0 Å². The van der Waals surface area contributed by atoms with Gasteiger partial charge in [0, 0.05) is 0 Å². The molecule has 1 aromatic rings. The molecule has 0 bridgehead atoms. The van der Waals surface area contributed by atoms with Gasteiger partial charge in [0.25, 0.3) is 0 Å². The maximum Gasteiger partial charge on any atom is 2.00 e. The first-order valence-electron chi connectivity index (χ1n) is 4.58. The van der Waals surface area contributed by atoms with Crippen molar-refractivity contribution in [1.82, 2.24) is 0 Å². The van der Waals surface area contributed by atoms with Crippen molar-refractivity contribution in [2.75, 3.05) is 0 Å². The Morgan fingerprint density at radius 1 is 1.29 bits per heavy atom. The monoisotopic (exact) mass is 280 g/mol. The van der Waals surface area contributed by atoms with Crippen molar-refractivity contribution >= 4 is 34.8 Å². The summed E-state index contributed by atoms with van der Waals surface area (Å²) < 4.78 is 0. The molecule has 1 aliphatic carbocycles. The fourth-order valence-electron chi connectivity index (χ4n) is 1.65. The predicted octanol–water partition coefficient (Wildman–Crippen LogP) is 0.145. The largest absolute Gasteiger partial charge is 2.00 e. The van der Waals surface area contributed by atoms with E-state index in [0.717, 1.165) is 5.25 Å². The molecule has 72 valence electrons. The van der Waals surface area contributed by atoms with Gasteiger partial charge in [0.05, 0.1) is 0 Å². The number of hydrogen-bond donors (Lipinski definition) is 0. The van der Waals surface area contributed by atoms with Crippen LogP contribution in [0.3, 0.4) is 0 Å². The minimum absolute atomic E-state index is 0. The maximum absolute atomic E-state index is 3.11. The Hall–Kier alpha value is 0.816. The van der Waals surface area contributed by atoms with Crippen molar-refractivity contribution in [3.63, 3.8) is 0 Å². The van der Waals surface area contributed by atoms with Gasteiger partial charge in [-0.2, -0.15) is 42.1 Å². The first kappa shape index (κ1) is 14.8. The molecular weight excluding hydrogens is 268 g/mol. The molecule has 0 saturated heterocycles. The summed E-state index contributed by atoms with van der Waals surface area (Å²) in [6, 6.07) is 11.4. The Labute approximate surface area is 117 Å². The number of halogens is 1. The van der Waals surface area contributed by atoms with Gasteiger partial charge < -0.3 is 17.0 Å². The summed E-state index contributed by atoms with van der Waals surface area (Å²) in [6.07, 6.45) is 5.65. The summed E-state index contributed by atoms with van der Waals surface area (Å²) in [5.41, 5.74) is 0. The van der Waals surface area contributed by atoms with Crippen LogP contribution in [-0.2, 0) is 0 Å². The normalized spacial score (nSPS) is 15.7. The van der Waals surface area contributed by atoms with E-state index >= 15 is 0 Å². The first-order valence-corrected chi connectivity index (χ1v) is 5.46. The molecule has 0 unspecified atom stereocenters. The number of rotatable bonds is 2. The molecule has 1 aromatic carbocycles. The summed E-state index contributed by atoms with van der Waals surface area (Å²) in [4.78, 5) is 1.38. The second-order valence-corrected chi connectivity index (χ2v) is 4.64. The topological polar surface area (TPSA) is 0 Å². The molecule has 2 rings (SSSR count). The Morgan fingerprint density at radius 3 is 2.57 bits per heavy atom. The van der Waals surface area contributed by atoms with E-state index in [1.54, 1.807) is 0 Å². The van der Waals surface area contributed by atoms with E-state index in [9.17, 15) is 0 Å². The number of benzene rings is 1. The zero-order chi connectivity index (χ0) is 8.23. The Bertz CT molecular complexity index is 234. The molecule has 14 heavy (non-hydrogen) atoms. The second kappa shape index (κ2) is 8.03. The summed E-state index contributed by atoms with van der Waals surface area (Å²) in [5.74, 6) is 0. The van der Waals surface area contributed by atoms with Gasteiger partial charge in [-0.1, -0.05) is 12.8 Å². The molecule has 0 aliphatic heterocycles. The van der Waals surface area contributed by atoms with Gasteiger partial charge >= 0.3 is 23.1 Å². The summed E-state index contributed by atoms with van der Waals surface area (Å²) in [7, 11) is 0. The first-order chi connectivity index (χ1) is 5.95. The van der Waals surface area contributed by atoms with Gasteiger partial charge in [0.1, 0.15) is 0 Å². The van der Waals surface area contributed by atoms with E-state index in [1.807, 2.05) is 17.8 Å². The van der Waals surface area contributed by atoms with Gasteiger partial charge in [0.2, 0.25) is 0 Å². The SMILES string of the molecule is [Br-].[Mg+2].[c-]1cccc(SC2CCCC2)c1. The van der Waals surface area contributed by atoms with Crippen molar-refractivity contribution in [2.24, 2.45) is 0 Å². The molecule has 1 fully saturated rings. The number of thioether (sulfide) groups is 1. The molecule has 0 heterocycles. The standard InChI is InChI=1S/C11H13S.BrH.Mg/c1-2-6-10(7-3-1)12-11-8-4-5-9-11;;/h1-2,6-7,11H,4-5,8-9H2;1H;/q-1;;+2/p-1. The average molecular weight is 282 g/mol. The third kappa shape index (κ3) is 4.56. The maximum atomic E-state index is 3.11. The van der Waals surface area contributed by atoms with Crippen molar-refractivity contribution in [1.29, 1.82) is 0 Å². The minimum Gasteiger partial charge on any atom is -1.00 e. The number of hydrogen-bond acceptors (Lipinski definition) is 1. The third-order valence-corrected chi connectivity index (χ3v) is 3.61. The molecule has 1 saturated carbocycles. The minimum atomic E-state index is 0. The van der Waals surface area contributed by atoms with Crippen LogP contribution in [0.15, 0.2) is 29.2 Å². The molecule has 3 heteroatoms. The summed E-state index contributed by atoms with van der Waals surface area (Å²) >= 11 is 2.02. The third-order valence-electron chi connectivity index (χ3n) is 2.28. The molecule has 0 atom stereocenters. The van der Waals surface area contributed by atoms with E-state index < -0.39 is 0 Å². The zero-order valence-electron chi connectivity index (χ0n) is 8.21. The molecular formula is C11H13BrMgS. The predicted molar refractivity (Wildman–Crippen MR) is 59.1 cm³/mol. The van der Waals surface area contributed by atoms with Crippen molar-refractivity contribution in [3.05, 3.63) is 30.3 Å². The molecule has 0 radical (unpaired) electrons. The van der Waals surface area contributed by atoms with Crippen LogP contribution in [0.4, 0.5) is 0 Å². The fourth-order valence-corrected chi connectivity index (χ4v) is 2.90. The zero-order valence-corrected chi connectivity index (χ0v) is 12.0. The molecule has 0 spiro atoms. The second-order valence-electron chi connectivity index (χ2n) is 3.26. The van der Waals surface area contributed by atoms with E-state index in [0.29, 0.717) is 0 Å². The fraction of sp³-hybridized carbons (Fsp3) is 0.455. The van der Waals surface area contributed by atoms with Crippen LogP contribution in [0.5, 0.6) is 0 Å². The Kier molecular flexibility index (Phi) is 8.49. The van der Waals surface area contributed by atoms with E-state index in [-0.39, 0.29) is 40.0 Å². The van der Waals surface area contributed by atoms with Crippen molar-refractivity contribution < 1.29 is 17.0 Å². The Morgan fingerprint density at radius 2 is 2.00 bits per heavy atom. The molecule has 0 N–H and O–H groups in total. The molecule has 0 aromatic heterocycles. The molecule has 0 amide bonds. The average Bonchev–Trinajstić information content (AvgIpc) is 2.59. The van der Waals surface area contributed by atoms with E-state index in [4.69, 9.17) is 0 Å². The molecule has 0 nitrogen and oxygen atoms in total. The molecule has 1 aliphatic rings. The van der Waals surface area contributed by atoms with Crippen LogP contribution in [0.1, 0.15) is 25.7 Å². The van der Waals surface area contributed by atoms with E-state index in [2.05, 4.69) is 24.3 Å². The van der Waals surface area contributed by atoms with Gasteiger partial charge in [-0.3, -0.25) is 0 Å². The van der Waals surface area contributed by atoms with E-state index in [1.165, 1.54) is 30.6 Å². The van der Waals surface area contributed by atoms with Crippen LogP contribution < -0.4 is 17.0 Å². The van der Waals surface area contributed by atoms with Crippen LogP contribution in [0.2, 0.25) is 0 Å². The van der Waals surface area contributed by atoms with Crippen molar-refractivity contribution in [2.45, 2.75) is 35.8 Å². The smallest absolute Gasteiger partial charge is 1.00 e. The van der Waals surface area contributed by atoms with Crippen LogP contribution in [-0.4, -0.2) is 28.3 Å². The summed E-state index contributed by atoms with van der Waals surface area (Å²) in [6.45, 7) is 0. The van der Waals surface area contributed by atoms with Crippen LogP contribution in [0, 0.1) is 6.07 Å². The van der Waals surface area contributed by atoms with Gasteiger partial charge in [0.15, 0.2) is 0 Å².